The normalized spacial score (nSPS) is 18.1. The lowest BCUT2D eigenvalue weighted by Gasteiger charge is -2.21. The topological polar surface area (TPSA) is 32.8 Å². The van der Waals surface area contributed by atoms with E-state index in [1.54, 1.807) is 0 Å². The van der Waals surface area contributed by atoms with E-state index in [-0.39, 0.29) is 12.5 Å². The van der Waals surface area contributed by atoms with Gasteiger partial charge in [-0.15, -0.1) is 0 Å². The maximum atomic E-state index is 11.9. The van der Waals surface area contributed by atoms with Crippen LogP contribution in [0.4, 0.5) is 0 Å². The molecule has 1 fully saturated rings. The first kappa shape index (κ1) is 14.9. The van der Waals surface area contributed by atoms with Crippen molar-refractivity contribution in [3.05, 3.63) is 0 Å². The lowest BCUT2D eigenvalue weighted by Crippen LogP contribution is -2.37. The molecule has 1 aliphatic heterocycles. The van der Waals surface area contributed by atoms with Crippen molar-refractivity contribution in [1.82, 2.24) is 9.80 Å². The minimum absolute atomic E-state index is 0.138. The first-order valence-corrected chi connectivity index (χ1v) is 7.54. The molecular formula is C12H23BrN2O2. The summed E-state index contributed by atoms with van der Waals surface area (Å²) in [5.41, 5.74) is 0. The van der Waals surface area contributed by atoms with Gasteiger partial charge in [0, 0.05) is 38.1 Å². The van der Waals surface area contributed by atoms with Gasteiger partial charge in [-0.1, -0.05) is 22.9 Å². The van der Waals surface area contributed by atoms with E-state index in [4.69, 9.17) is 4.74 Å². The molecule has 100 valence electrons. The summed E-state index contributed by atoms with van der Waals surface area (Å²) in [5.74, 6) is 0.138. The highest BCUT2D eigenvalue weighted by Gasteiger charge is 2.18. The number of hydrogen-bond acceptors (Lipinski definition) is 3. The maximum absolute atomic E-state index is 11.9. The summed E-state index contributed by atoms with van der Waals surface area (Å²) in [6.07, 6.45) is 2.03. The van der Waals surface area contributed by atoms with E-state index in [0.717, 1.165) is 50.9 Å². The van der Waals surface area contributed by atoms with Crippen molar-refractivity contribution in [3.8, 4) is 0 Å². The third kappa shape index (κ3) is 5.84. The Balaban J connectivity index is 2.27. The van der Waals surface area contributed by atoms with Crippen molar-refractivity contribution in [3.63, 3.8) is 0 Å². The molecular weight excluding hydrogens is 284 g/mol. The molecule has 0 bridgehead atoms. The largest absolute Gasteiger partial charge is 0.372 e. The number of carbonyl (C=O) groups is 1. The van der Waals surface area contributed by atoms with Crippen molar-refractivity contribution in [2.75, 3.05) is 51.3 Å². The zero-order valence-corrected chi connectivity index (χ0v) is 12.2. The minimum atomic E-state index is 0.138. The fourth-order valence-corrected chi connectivity index (χ4v) is 2.46. The van der Waals surface area contributed by atoms with Gasteiger partial charge >= 0.3 is 0 Å². The van der Waals surface area contributed by atoms with Crippen molar-refractivity contribution >= 4 is 21.8 Å². The van der Waals surface area contributed by atoms with Crippen LogP contribution in [-0.4, -0.2) is 67.0 Å². The quantitative estimate of drug-likeness (QED) is 0.548. The second-order valence-corrected chi connectivity index (χ2v) is 5.11. The van der Waals surface area contributed by atoms with Crippen LogP contribution in [0, 0.1) is 0 Å². The van der Waals surface area contributed by atoms with Crippen LogP contribution in [0.25, 0.3) is 0 Å². The SMILES string of the molecule is CCCOCC(=O)N1CCCN(CCBr)CC1. The molecule has 1 amide bonds. The van der Waals surface area contributed by atoms with Gasteiger partial charge in [0.05, 0.1) is 0 Å². The number of alkyl halides is 1. The molecule has 0 N–H and O–H groups in total. The van der Waals surface area contributed by atoms with Gasteiger partial charge in [-0.25, -0.2) is 0 Å². The number of nitrogens with zero attached hydrogens (tertiary/aromatic N) is 2. The molecule has 0 atom stereocenters. The van der Waals surface area contributed by atoms with Gasteiger partial charge in [0.2, 0.25) is 5.91 Å². The number of halogens is 1. The van der Waals surface area contributed by atoms with E-state index in [1.807, 2.05) is 4.90 Å². The van der Waals surface area contributed by atoms with Gasteiger partial charge in [0.15, 0.2) is 0 Å². The van der Waals surface area contributed by atoms with Gasteiger partial charge in [0.25, 0.3) is 0 Å². The molecule has 1 saturated heterocycles. The van der Waals surface area contributed by atoms with Crippen LogP contribution in [0.15, 0.2) is 0 Å². The maximum Gasteiger partial charge on any atom is 0.248 e. The number of ether oxygens (including phenoxy) is 1. The molecule has 1 aliphatic rings. The molecule has 4 nitrogen and oxygen atoms in total. The van der Waals surface area contributed by atoms with E-state index in [2.05, 4.69) is 27.8 Å². The Hall–Kier alpha value is -0.130. The summed E-state index contributed by atoms with van der Waals surface area (Å²) in [5, 5.41) is 1.00. The summed E-state index contributed by atoms with van der Waals surface area (Å²) < 4.78 is 5.30. The molecule has 0 aromatic heterocycles. The summed E-state index contributed by atoms with van der Waals surface area (Å²) >= 11 is 3.45. The van der Waals surface area contributed by atoms with E-state index in [1.165, 1.54) is 0 Å². The minimum Gasteiger partial charge on any atom is -0.372 e. The van der Waals surface area contributed by atoms with E-state index < -0.39 is 0 Å². The zero-order valence-electron chi connectivity index (χ0n) is 10.7. The van der Waals surface area contributed by atoms with E-state index in [9.17, 15) is 4.79 Å². The third-order valence-electron chi connectivity index (χ3n) is 2.92. The van der Waals surface area contributed by atoms with Crippen molar-refractivity contribution in [1.29, 1.82) is 0 Å². The van der Waals surface area contributed by atoms with Crippen LogP contribution in [0.1, 0.15) is 19.8 Å². The van der Waals surface area contributed by atoms with Crippen LogP contribution in [0.2, 0.25) is 0 Å². The Labute approximate surface area is 112 Å². The number of hydrogen-bond donors (Lipinski definition) is 0. The lowest BCUT2D eigenvalue weighted by atomic mass is 10.4. The Morgan fingerprint density at radius 3 is 2.82 bits per heavy atom. The number of rotatable bonds is 6. The Morgan fingerprint density at radius 1 is 1.29 bits per heavy atom. The van der Waals surface area contributed by atoms with Gasteiger partial charge < -0.3 is 14.5 Å². The first-order valence-electron chi connectivity index (χ1n) is 6.41. The van der Waals surface area contributed by atoms with Crippen LogP contribution in [0.3, 0.4) is 0 Å². The van der Waals surface area contributed by atoms with Crippen molar-refractivity contribution in [2.45, 2.75) is 19.8 Å². The van der Waals surface area contributed by atoms with Crippen LogP contribution in [0.5, 0.6) is 0 Å². The number of carbonyl (C=O) groups excluding carboxylic acids is 1. The molecule has 1 heterocycles. The predicted molar refractivity (Wildman–Crippen MR) is 72.5 cm³/mol. The third-order valence-corrected chi connectivity index (χ3v) is 3.27. The average molecular weight is 307 g/mol. The molecule has 0 aromatic rings. The molecule has 0 aliphatic carbocycles. The Kier molecular flexibility index (Phi) is 7.81. The second-order valence-electron chi connectivity index (χ2n) is 4.32. The van der Waals surface area contributed by atoms with Crippen molar-refractivity contribution in [2.24, 2.45) is 0 Å². The molecule has 5 heteroatoms. The molecule has 17 heavy (non-hydrogen) atoms. The fourth-order valence-electron chi connectivity index (χ4n) is 1.96. The van der Waals surface area contributed by atoms with Gasteiger partial charge in [0.1, 0.15) is 6.61 Å². The molecule has 1 rings (SSSR count). The standard InChI is InChI=1S/C12H23BrN2O2/c1-2-10-17-11-12(16)15-6-3-5-14(7-4-13)8-9-15/h2-11H2,1H3. The first-order chi connectivity index (χ1) is 8.27. The highest BCUT2D eigenvalue weighted by molar-refractivity contribution is 9.09. The highest BCUT2D eigenvalue weighted by Crippen LogP contribution is 2.04. The Bertz CT molecular complexity index is 227. The van der Waals surface area contributed by atoms with Gasteiger partial charge in [-0.2, -0.15) is 0 Å². The molecule has 0 spiro atoms. The van der Waals surface area contributed by atoms with Gasteiger partial charge in [-0.3, -0.25) is 4.79 Å². The van der Waals surface area contributed by atoms with Crippen molar-refractivity contribution < 1.29 is 9.53 Å². The van der Waals surface area contributed by atoms with Crippen LogP contribution >= 0.6 is 15.9 Å². The summed E-state index contributed by atoms with van der Waals surface area (Å²) in [6.45, 7) is 7.80. The number of amides is 1. The molecule has 0 aromatic carbocycles. The highest BCUT2D eigenvalue weighted by atomic mass is 79.9. The van der Waals surface area contributed by atoms with Crippen LogP contribution in [-0.2, 0) is 9.53 Å². The Morgan fingerprint density at radius 2 is 2.12 bits per heavy atom. The van der Waals surface area contributed by atoms with Crippen LogP contribution < -0.4 is 0 Å². The van der Waals surface area contributed by atoms with E-state index in [0.29, 0.717) is 6.61 Å². The zero-order chi connectivity index (χ0) is 12.5. The average Bonchev–Trinajstić information content (AvgIpc) is 2.55. The molecule has 0 unspecified atom stereocenters. The molecule has 0 saturated carbocycles. The fraction of sp³-hybridized carbons (Fsp3) is 0.917. The second kappa shape index (κ2) is 8.89. The molecule has 0 radical (unpaired) electrons. The van der Waals surface area contributed by atoms with Gasteiger partial charge in [-0.05, 0) is 19.4 Å². The smallest absolute Gasteiger partial charge is 0.248 e. The van der Waals surface area contributed by atoms with E-state index >= 15 is 0 Å². The summed E-state index contributed by atoms with van der Waals surface area (Å²) in [6, 6.07) is 0. The summed E-state index contributed by atoms with van der Waals surface area (Å²) in [7, 11) is 0. The lowest BCUT2D eigenvalue weighted by molar-refractivity contribution is -0.136. The summed E-state index contributed by atoms with van der Waals surface area (Å²) in [4.78, 5) is 16.2. The monoisotopic (exact) mass is 306 g/mol. The predicted octanol–water partition coefficient (Wildman–Crippen LogP) is 1.34.